The molecule has 0 radical (unpaired) electrons. The van der Waals surface area contributed by atoms with Gasteiger partial charge in [0.15, 0.2) is 0 Å². The number of benzene rings is 3. The van der Waals surface area contributed by atoms with E-state index in [0.29, 0.717) is 0 Å². The van der Waals surface area contributed by atoms with E-state index in [2.05, 4.69) is 24.3 Å². The predicted octanol–water partition coefficient (Wildman–Crippen LogP) is 5.84. The Morgan fingerprint density at radius 3 is 1.19 bits per heavy atom. The smallest absolute Gasteiger partial charge is 0.0562 e. The molecule has 0 fully saturated rings. The van der Waals surface area contributed by atoms with Crippen molar-refractivity contribution in [3.63, 3.8) is 0 Å². The highest BCUT2D eigenvalue weighted by atomic mass is 35.5. The van der Waals surface area contributed by atoms with Crippen LogP contribution in [-0.4, -0.2) is 0 Å². The van der Waals surface area contributed by atoms with Crippen molar-refractivity contribution < 1.29 is 0 Å². The minimum absolute atomic E-state index is 0.771. The van der Waals surface area contributed by atoms with Crippen molar-refractivity contribution in [1.82, 2.24) is 0 Å². The molecular weight excluding hydrogens is 276 g/mol. The van der Waals surface area contributed by atoms with Gasteiger partial charge in [0.1, 0.15) is 0 Å². The Morgan fingerprint density at radius 1 is 0.476 bits per heavy atom. The van der Waals surface area contributed by atoms with Crippen LogP contribution in [-0.2, 0) is 0 Å². The highest BCUT2D eigenvalue weighted by Gasteiger charge is 2.11. The summed E-state index contributed by atoms with van der Waals surface area (Å²) in [6, 6.07) is 30.6. The van der Waals surface area contributed by atoms with Crippen LogP contribution in [0, 0.1) is 0 Å². The van der Waals surface area contributed by atoms with Gasteiger partial charge < -0.3 is 0 Å². The summed E-state index contributed by atoms with van der Waals surface area (Å²) in [6.45, 7) is 0. The van der Waals surface area contributed by atoms with Crippen LogP contribution >= 0.6 is 11.6 Å². The van der Waals surface area contributed by atoms with E-state index in [1.165, 1.54) is 0 Å². The lowest BCUT2D eigenvalue weighted by Gasteiger charge is -2.12. The van der Waals surface area contributed by atoms with Gasteiger partial charge in [-0.25, -0.2) is 0 Å². The van der Waals surface area contributed by atoms with Crippen LogP contribution in [0.5, 0.6) is 0 Å². The lowest BCUT2D eigenvalue weighted by Crippen LogP contribution is -1.91. The Hall–Kier alpha value is -2.31. The zero-order valence-corrected chi connectivity index (χ0v) is 12.3. The van der Waals surface area contributed by atoms with Gasteiger partial charge in [0.05, 0.1) is 5.03 Å². The molecule has 0 N–H and O–H groups in total. The highest BCUT2D eigenvalue weighted by Crippen LogP contribution is 2.34. The first-order valence-electron chi connectivity index (χ1n) is 6.92. The molecule has 0 aromatic heterocycles. The van der Waals surface area contributed by atoms with Crippen LogP contribution in [0.25, 0.3) is 10.6 Å². The fraction of sp³-hybridized carbons (Fsp3) is 0. The summed E-state index contributed by atoms with van der Waals surface area (Å²) in [5.41, 5.74) is 4.33. The fourth-order valence-corrected chi connectivity index (χ4v) is 2.70. The number of halogens is 1. The molecule has 0 atom stereocenters. The maximum absolute atomic E-state index is 6.72. The molecule has 0 spiro atoms. The summed E-state index contributed by atoms with van der Waals surface area (Å²) >= 11 is 6.72. The van der Waals surface area contributed by atoms with E-state index in [-0.39, 0.29) is 0 Å². The molecule has 0 saturated carbocycles. The Labute approximate surface area is 130 Å². The van der Waals surface area contributed by atoms with Gasteiger partial charge in [-0.15, -0.1) is 0 Å². The van der Waals surface area contributed by atoms with E-state index in [1.807, 2.05) is 66.7 Å². The average molecular weight is 291 g/mol. The standard InChI is InChI=1S/C20H15Cl/c21-20(18-14-8-3-9-15-18)19(16-10-4-1-5-11-16)17-12-6-2-7-13-17/h1-15H. The largest absolute Gasteiger partial charge is 0.0830 e. The van der Waals surface area contributed by atoms with E-state index in [4.69, 9.17) is 11.6 Å². The van der Waals surface area contributed by atoms with Gasteiger partial charge in [-0.05, 0) is 16.7 Å². The van der Waals surface area contributed by atoms with Gasteiger partial charge >= 0.3 is 0 Å². The van der Waals surface area contributed by atoms with Crippen LogP contribution in [0.2, 0.25) is 0 Å². The summed E-state index contributed by atoms with van der Waals surface area (Å²) in [4.78, 5) is 0. The molecule has 0 unspecified atom stereocenters. The van der Waals surface area contributed by atoms with E-state index in [0.717, 1.165) is 27.3 Å². The van der Waals surface area contributed by atoms with E-state index in [1.54, 1.807) is 0 Å². The van der Waals surface area contributed by atoms with Gasteiger partial charge in [0, 0.05) is 5.57 Å². The first-order chi connectivity index (χ1) is 10.4. The number of hydrogen-bond donors (Lipinski definition) is 0. The quantitative estimate of drug-likeness (QED) is 0.531. The summed E-state index contributed by atoms with van der Waals surface area (Å²) in [6.07, 6.45) is 0. The molecule has 0 aliphatic heterocycles. The molecule has 1 heteroatoms. The molecule has 102 valence electrons. The second-order valence-electron chi connectivity index (χ2n) is 4.79. The van der Waals surface area contributed by atoms with Crippen LogP contribution in [0.4, 0.5) is 0 Å². The molecule has 0 amide bonds. The van der Waals surface area contributed by atoms with Crippen molar-refractivity contribution in [3.8, 4) is 0 Å². The lowest BCUT2D eigenvalue weighted by molar-refractivity contribution is 1.54. The number of rotatable bonds is 3. The maximum atomic E-state index is 6.72. The molecule has 0 heterocycles. The minimum atomic E-state index is 0.771. The van der Waals surface area contributed by atoms with Gasteiger partial charge in [0.2, 0.25) is 0 Å². The number of hydrogen-bond acceptors (Lipinski definition) is 0. The Kier molecular flexibility index (Phi) is 4.18. The fourth-order valence-electron chi connectivity index (χ4n) is 2.36. The van der Waals surface area contributed by atoms with Crippen LogP contribution < -0.4 is 0 Å². The van der Waals surface area contributed by atoms with Gasteiger partial charge in [-0.2, -0.15) is 0 Å². The summed E-state index contributed by atoms with van der Waals surface area (Å²) < 4.78 is 0. The lowest BCUT2D eigenvalue weighted by atomic mass is 9.95. The molecule has 0 aliphatic carbocycles. The van der Waals surface area contributed by atoms with Crippen LogP contribution in [0.1, 0.15) is 16.7 Å². The molecule has 0 aliphatic rings. The topological polar surface area (TPSA) is 0 Å². The van der Waals surface area contributed by atoms with E-state index >= 15 is 0 Å². The van der Waals surface area contributed by atoms with Gasteiger partial charge in [-0.1, -0.05) is 103 Å². The van der Waals surface area contributed by atoms with Crippen molar-refractivity contribution in [1.29, 1.82) is 0 Å². The van der Waals surface area contributed by atoms with Crippen LogP contribution in [0.3, 0.4) is 0 Å². The van der Waals surface area contributed by atoms with Crippen molar-refractivity contribution in [2.75, 3.05) is 0 Å². The van der Waals surface area contributed by atoms with Crippen molar-refractivity contribution in [3.05, 3.63) is 108 Å². The summed E-state index contributed by atoms with van der Waals surface area (Å²) in [7, 11) is 0. The molecule has 21 heavy (non-hydrogen) atoms. The van der Waals surface area contributed by atoms with E-state index in [9.17, 15) is 0 Å². The third-order valence-corrected chi connectivity index (χ3v) is 3.78. The first-order valence-corrected chi connectivity index (χ1v) is 7.30. The Bertz CT molecular complexity index is 687. The van der Waals surface area contributed by atoms with Crippen molar-refractivity contribution in [2.24, 2.45) is 0 Å². The average Bonchev–Trinajstić information content (AvgIpc) is 2.58. The predicted molar refractivity (Wildman–Crippen MR) is 91.1 cm³/mol. The first kappa shape index (κ1) is 13.7. The second kappa shape index (κ2) is 6.43. The molecule has 0 saturated heterocycles. The Morgan fingerprint density at radius 2 is 0.810 bits per heavy atom. The zero-order valence-electron chi connectivity index (χ0n) is 11.5. The van der Waals surface area contributed by atoms with Gasteiger partial charge in [-0.3, -0.25) is 0 Å². The molecule has 0 nitrogen and oxygen atoms in total. The van der Waals surface area contributed by atoms with E-state index < -0.39 is 0 Å². The van der Waals surface area contributed by atoms with Crippen LogP contribution in [0.15, 0.2) is 91.0 Å². The monoisotopic (exact) mass is 290 g/mol. The second-order valence-corrected chi connectivity index (χ2v) is 5.17. The van der Waals surface area contributed by atoms with Gasteiger partial charge in [0.25, 0.3) is 0 Å². The maximum Gasteiger partial charge on any atom is 0.0562 e. The zero-order chi connectivity index (χ0) is 14.5. The van der Waals surface area contributed by atoms with Crippen molar-refractivity contribution in [2.45, 2.75) is 0 Å². The molecule has 3 aromatic rings. The highest BCUT2D eigenvalue weighted by molar-refractivity contribution is 6.53. The summed E-state index contributed by atoms with van der Waals surface area (Å²) in [5, 5.41) is 0.771. The van der Waals surface area contributed by atoms with Crippen molar-refractivity contribution >= 4 is 22.2 Å². The SMILES string of the molecule is ClC(=C(c1ccccc1)c1ccccc1)c1ccccc1. The summed E-state index contributed by atoms with van der Waals surface area (Å²) in [5.74, 6) is 0. The third kappa shape index (κ3) is 3.07. The normalized spacial score (nSPS) is 10.1. The third-order valence-electron chi connectivity index (χ3n) is 3.37. The molecular formula is C20H15Cl. The Balaban J connectivity index is 2.22. The molecule has 3 rings (SSSR count). The molecule has 0 bridgehead atoms. The minimum Gasteiger partial charge on any atom is -0.0830 e. The molecule has 3 aromatic carbocycles.